The zero-order chi connectivity index (χ0) is 23.9. The van der Waals surface area contributed by atoms with Crippen LogP contribution in [0, 0.1) is 10.1 Å². The molecule has 0 radical (unpaired) electrons. The van der Waals surface area contributed by atoms with E-state index in [1.54, 1.807) is 13.2 Å². The molecule has 174 valence electrons. The first kappa shape index (κ1) is 24.9. The van der Waals surface area contributed by atoms with Gasteiger partial charge in [-0.25, -0.2) is 8.42 Å². The summed E-state index contributed by atoms with van der Waals surface area (Å²) in [6.45, 7) is 1.78. The number of carbonyl (C=O) groups excluding carboxylic acids is 1. The molecule has 1 atom stereocenters. The smallest absolute Gasteiger partial charge is 0.271 e. The number of nitro groups is 1. The van der Waals surface area contributed by atoms with Gasteiger partial charge in [0.15, 0.2) is 0 Å². The summed E-state index contributed by atoms with van der Waals surface area (Å²) in [6, 6.07) is 10.7. The van der Waals surface area contributed by atoms with Crippen LogP contribution >= 0.6 is 0 Å². The van der Waals surface area contributed by atoms with E-state index >= 15 is 0 Å². The van der Waals surface area contributed by atoms with Crippen LogP contribution in [-0.2, 0) is 14.8 Å². The molecule has 2 aromatic rings. The third-order valence-corrected chi connectivity index (χ3v) is 5.97. The van der Waals surface area contributed by atoms with Crippen LogP contribution in [0.25, 0.3) is 0 Å². The average Bonchev–Trinajstić information content (AvgIpc) is 2.75. The Hall–Kier alpha value is -3.34. The van der Waals surface area contributed by atoms with E-state index in [2.05, 4.69) is 5.32 Å². The molecule has 0 aliphatic heterocycles. The SMILES string of the molecule is COc1ccccc1C(C)NC(=O)CCCN(c1cc([N+](=O)[O-])ccc1OC)S(C)(=O)=O. The van der Waals surface area contributed by atoms with Gasteiger partial charge in [-0.1, -0.05) is 18.2 Å². The van der Waals surface area contributed by atoms with Crippen LogP contribution in [0.15, 0.2) is 42.5 Å². The topological polar surface area (TPSA) is 128 Å². The summed E-state index contributed by atoms with van der Waals surface area (Å²) in [6.07, 6.45) is 1.25. The Morgan fingerprint density at radius 2 is 1.81 bits per heavy atom. The van der Waals surface area contributed by atoms with E-state index in [-0.39, 0.29) is 48.5 Å². The van der Waals surface area contributed by atoms with E-state index in [1.807, 2.05) is 25.1 Å². The number of sulfonamides is 1. The van der Waals surface area contributed by atoms with Gasteiger partial charge in [0.05, 0.1) is 31.4 Å². The number of nitro benzene ring substituents is 1. The lowest BCUT2D eigenvalue weighted by molar-refractivity contribution is -0.384. The third kappa shape index (κ3) is 6.33. The Balaban J connectivity index is 2.10. The molecule has 0 saturated carbocycles. The molecule has 1 N–H and O–H groups in total. The normalized spacial score (nSPS) is 12.0. The van der Waals surface area contributed by atoms with Crippen molar-refractivity contribution < 1.29 is 27.6 Å². The van der Waals surface area contributed by atoms with Crippen molar-refractivity contribution in [1.82, 2.24) is 5.32 Å². The number of hydrogen-bond donors (Lipinski definition) is 1. The molecule has 0 aromatic heterocycles. The number of ether oxygens (including phenoxy) is 2. The molecule has 0 heterocycles. The molecule has 0 saturated heterocycles. The zero-order valence-electron chi connectivity index (χ0n) is 18.4. The first-order valence-corrected chi connectivity index (χ1v) is 11.7. The highest BCUT2D eigenvalue weighted by Crippen LogP contribution is 2.34. The second-order valence-corrected chi connectivity index (χ2v) is 8.99. The van der Waals surface area contributed by atoms with Crippen molar-refractivity contribution in [3.8, 4) is 11.5 Å². The molecule has 0 bridgehead atoms. The van der Waals surface area contributed by atoms with Crippen molar-refractivity contribution in [1.29, 1.82) is 0 Å². The van der Waals surface area contributed by atoms with E-state index in [0.717, 1.165) is 22.2 Å². The molecule has 11 heteroatoms. The molecule has 0 fully saturated rings. The van der Waals surface area contributed by atoms with Crippen LogP contribution in [0.5, 0.6) is 11.5 Å². The number of methoxy groups -OCH3 is 2. The second kappa shape index (κ2) is 10.8. The zero-order valence-corrected chi connectivity index (χ0v) is 19.2. The Morgan fingerprint density at radius 1 is 1.16 bits per heavy atom. The molecule has 10 nitrogen and oxygen atoms in total. The average molecular weight is 466 g/mol. The predicted octanol–water partition coefficient (Wildman–Crippen LogP) is 3.04. The lowest BCUT2D eigenvalue weighted by Gasteiger charge is -2.24. The van der Waals surface area contributed by atoms with E-state index in [0.29, 0.717) is 5.75 Å². The molecule has 0 spiro atoms. The van der Waals surface area contributed by atoms with Gasteiger partial charge in [0.2, 0.25) is 15.9 Å². The van der Waals surface area contributed by atoms with Crippen LogP contribution in [0.1, 0.15) is 31.4 Å². The van der Waals surface area contributed by atoms with Gasteiger partial charge in [0.25, 0.3) is 5.69 Å². The van der Waals surface area contributed by atoms with E-state index < -0.39 is 14.9 Å². The Morgan fingerprint density at radius 3 is 2.41 bits per heavy atom. The van der Waals surface area contributed by atoms with Crippen molar-refractivity contribution in [2.75, 3.05) is 31.3 Å². The molecule has 0 aliphatic rings. The summed E-state index contributed by atoms with van der Waals surface area (Å²) in [5, 5.41) is 14.0. The van der Waals surface area contributed by atoms with Crippen LogP contribution in [0.4, 0.5) is 11.4 Å². The van der Waals surface area contributed by atoms with Gasteiger partial charge in [-0.15, -0.1) is 0 Å². The first-order chi connectivity index (χ1) is 15.1. The summed E-state index contributed by atoms with van der Waals surface area (Å²) < 4.78 is 36.3. The number of rotatable bonds is 11. The number of benzene rings is 2. The maximum absolute atomic E-state index is 12.4. The largest absolute Gasteiger partial charge is 0.496 e. The van der Waals surface area contributed by atoms with Gasteiger partial charge < -0.3 is 14.8 Å². The molecule has 1 unspecified atom stereocenters. The van der Waals surface area contributed by atoms with Crippen LogP contribution < -0.4 is 19.1 Å². The highest BCUT2D eigenvalue weighted by Gasteiger charge is 2.24. The predicted molar refractivity (Wildman–Crippen MR) is 121 cm³/mol. The number of carbonyl (C=O) groups is 1. The Labute approximate surface area is 187 Å². The molecule has 32 heavy (non-hydrogen) atoms. The molecular weight excluding hydrogens is 438 g/mol. The summed E-state index contributed by atoms with van der Waals surface area (Å²) in [4.78, 5) is 22.9. The second-order valence-electron chi connectivity index (χ2n) is 7.08. The van der Waals surface area contributed by atoms with Crippen molar-refractivity contribution >= 4 is 27.3 Å². The van der Waals surface area contributed by atoms with E-state index in [9.17, 15) is 23.3 Å². The first-order valence-electron chi connectivity index (χ1n) is 9.81. The Kier molecular flexibility index (Phi) is 8.41. The monoisotopic (exact) mass is 465 g/mol. The minimum Gasteiger partial charge on any atom is -0.496 e. The minimum atomic E-state index is -3.78. The Bertz CT molecular complexity index is 1070. The number of amides is 1. The molecule has 1 amide bonds. The molecule has 2 rings (SSSR count). The maximum Gasteiger partial charge on any atom is 0.271 e. The highest BCUT2D eigenvalue weighted by atomic mass is 32.2. The van der Waals surface area contributed by atoms with Gasteiger partial charge in [0.1, 0.15) is 17.2 Å². The third-order valence-electron chi connectivity index (χ3n) is 4.79. The van der Waals surface area contributed by atoms with E-state index in [1.165, 1.54) is 19.2 Å². The number of nitrogens with one attached hydrogen (secondary N) is 1. The number of para-hydroxylation sites is 1. The number of nitrogens with zero attached hydrogens (tertiary/aromatic N) is 2. The molecule has 2 aromatic carbocycles. The fraction of sp³-hybridized carbons (Fsp3) is 0.381. The maximum atomic E-state index is 12.4. The number of anilines is 1. The highest BCUT2D eigenvalue weighted by molar-refractivity contribution is 7.92. The number of non-ortho nitro benzene ring substituents is 1. The van der Waals surface area contributed by atoms with Crippen molar-refractivity contribution in [3.63, 3.8) is 0 Å². The summed E-state index contributed by atoms with van der Waals surface area (Å²) in [5.41, 5.74) is 0.604. The quantitative estimate of drug-likeness (QED) is 0.399. The van der Waals surface area contributed by atoms with Crippen LogP contribution in [0.3, 0.4) is 0 Å². The van der Waals surface area contributed by atoms with Gasteiger partial charge >= 0.3 is 0 Å². The lowest BCUT2D eigenvalue weighted by atomic mass is 10.1. The van der Waals surface area contributed by atoms with Crippen LogP contribution in [-0.4, -0.2) is 46.3 Å². The van der Waals surface area contributed by atoms with Crippen molar-refractivity contribution in [3.05, 3.63) is 58.1 Å². The fourth-order valence-corrected chi connectivity index (χ4v) is 4.21. The van der Waals surface area contributed by atoms with Crippen molar-refractivity contribution in [2.24, 2.45) is 0 Å². The minimum absolute atomic E-state index is 0.0481. The lowest BCUT2D eigenvalue weighted by Crippen LogP contribution is -2.33. The van der Waals surface area contributed by atoms with Gasteiger partial charge in [-0.05, 0) is 25.5 Å². The number of hydrogen-bond acceptors (Lipinski definition) is 7. The van der Waals surface area contributed by atoms with Gasteiger partial charge in [0, 0.05) is 30.7 Å². The molecular formula is C21H27N3O7S. The van der Waals surface area contributed by atoms with Gasteiger partial charge in [-0.2, -0.15) is 0 Å². The van der Waals surface area contributed by atoms with E-state index in [4.69, 9.17) is 9.47 Å². The van der Waals surface area contributed by atoms with Gasteiger partial charge in [-0.3, -0.25) is 19.2 Å². The van der Waals surface area contributed by atoms with Crippen LogP contribution in [0.2, 0.25) is 0 Å². The molecule has 0 aliphatic carbocycles. The van der Waals surface area contributed by atoms with Crippen molar-refractivity contribution in [2.45, 2.75) is 25.8 Å². The standard InChI is InChI=1S/C21H27N3O7S/c1-15(17-8-5-6-9-19(17)30-2)22-21(25)10-7-13-23(32(4,28)29)18-14-16(24(26)27)11-12-20(18)31-3/h5-6,8-9,11-12,14-15H,7,10,13H2,1-4H3,(H,22,25). The summed E-state index contributed by atoms with van der Waals surface area (Å²) in [7, 11) is -0.888. The summed E-state index contributed by atoms with van der Waals surface area (Å²) in [5.74, 6) is 0.569. The fourth-order valence-electron chi connectivity index (χ4n) is 3.25. The summed E-state index contributed by atoms with van der Waals surface area (Å²) >= 11 is 0.